The third-order valence-electron chi connectivity index (χ3n) is 4.40. The molecule has 1 aliphatic carbocycles. The first-order valence-corrected chi connectivity index (χ1v) is 9.62. The van der Waals surface area contributed by atoms with Gasteiger partial charge in [-0.05, 0) is 49.6 Å². The van der Waals surface area contributed by atoms with E-state index in [0.29, 0.717) is 5.82 Å². The van der Waals surface area contributed by atoms with E-state index in [1.165, 1.54) is 17.3 Å². The Morgan fingerprint density at radius 1 is 1.15 bits per heavy atom. The van der Waals surface area contributed by atoms with E-state index in [1.54, 1.807) is 12.4 Å². The Hall–Kier alpha value is -2.32. The summed E-state index contributed by atoms with van der Waals surface area (Å²) in [6, 6.07) is 3.85. The lowest BCUT2D eigenvalue weighted by atomic mass is 10.2. The number of hydrogen-bond donors (Lipinski definition) is 1. The van der Waals surface area contributed by atoms with Gasteiger partial charge in [0.25, 0.3) is 0 Å². The fraction of sp³-hybridized carbons (Fsp3) is 0.389. The first kappa shape index (κ1) is 17.1. The van der Waals surface area contributed by atoms with Crippen LogP contribution in [-0.4, -0.2) is 34.8 Å². The fourth-order valence-corrected chi connectivity index (χ4v) is 4.20. The van der Waals surface area contributed by atoms with Gasteiger partial charge in [0.1, 0.15) is 11.6 Å². The van der Waals surface area contributed by atoms with E-state index in [0.717, 1.165) is 59.5 Å². The van der Waals surface area contributed by atoms with Crippen LogP contribution in [0.15, 0.2) is 34.7 Å². The van der Waals surface area contributed by atoms with Gasteiger partial charge in [0, 0.05) is 35.8 Å². The summed E-state index contributed by atoms with van der Waals surface area (Å²) in [6.45, 7) is 2.76. The third kappa shape index (κ3) is 3.22. The minimum atomic E-state index is -0.113. The molecular formula is C18H20N6OS. The van der Waals surface area contributed by atoms with E-state index in [4.69, 9.17) is 9.97 Å². The zero-order valence-corrected chi connectivity index (χ0v) is 15.4. The van der Waals surface area contributed by atoms with Crippen LogP contribution in [0.4, 0.5) is 0 Å². The van der Waals surface area contributed by atoms with Crippen molar-refractivity contribution >= 4 is 11.8 Å². The summed E-state index contributed by atoms with van der Waals surface area (Å²) in [7, 11) is 0. The van der Waals surface area contributed by atoms with Crippen LogP contribution in [0.2, 0.25) is 0 Å². The number of pyridine rings is 1. The van der Waals surface area contributed by atoms with Gasteiger partial charge >= 0.3 is 0 Å². The molecule has 0 saturated carbocycles. The van der Waals surface area contributed by atoms with Gasteiger partial charge in [-0.1, -0.05) is 6.92 Å². The summed E-state index contributed by atoms with van der Waals surface area (Å²) in [5.41, 5.74) is 3.30. The average molecular weight is 368 g/mol. The molecule has 0 radical (unpaired) electrons. The zero-order valence-electron chi connectivity index (χ0n) is 14.6. The van der Waals surface area contributed by atoms with E-state index in [9.17, 15) is 5.11 Å². The van der Waals surface area contributed by atoms with Crippen molar-refractivity contribution < 1.29 is 5.11 Å². The number of hydrogen-bond acceptors (Lipinski definition) is 7. The fourth-order valence-electron chi connectivity index (χ4n) is 3.16. The lowest BCUT2D eigenvalue weighted by Gasteiger charge is -2.11. The van der Waals surface area contributed by atoms with Crippen LogP contribution in [0.3, 0.4) is 0 Å². The molecule has 7 nitrogen and oxygen atoms in total. The van der Waals surface area contributed by atoms with E-state index in [-0.39, 0.29) is 6.61 Å². The van der Waals surface area contributed by atoms with Gasteiger partial charge < -0.3 is 9.67 Å². The van der Waals surface area contributed by atoms with Crippen molar-refractivity contribution in [2.45, 2.75) is 55.9 Å². The second-order valence-electron chi connectivity index (χ2n) is 6.18. The maximum Gasteiger partial charge on any atom is 0.197 e. The molecule has 26 heavy (non-hydrogen) atoms. The summed E-state index contributed by atoms with van der Waals surface area (Å²) >= 11 is 1.52. The second-order valence-corrected chi connectivity index (χ2v) is 7.13. The molecular weight excluding hydrogens is 348 g/mol. The van der Waals surface area contributed by atoms with Crippen molar-refractivity contribution in [2.75, 3.05) is 0 Å². The van der Waals surface area contributed by atoms with Crippen molar-refractivity contribution in [3.05, 3.63) is 41.6 Å². The topological polar surface area (TPSA) is 89.6 Å². The van der Waals surface area contributed by atoms with E-state index in [1.807, 2.05) is 16.7 Å². The minimum absolute atomic E-state index is 0.113. The smallest absolute Gasteiger partial charge is 0.197 e. The Morgan fingerprint density at radius 3 is 2.77 bits per heavy atom. The largest absolute Gasteiger partial charge is 0.388 e. The lowest BCUT2D eigenvalue weighted by molar-refractivity contribution is 0.263. The number of rotatable bonds is 6. The monoisotopic (exact) mass is 368 g/mol. The van der Waals surface area contributed by atoms with Gasteiger partial charge in [0.05, 0.1) is 0 Å². The molecule has 0 saturated heterocycles. The number of aliphatic hydroxyl groups is 1. The number of aliphatic hydroxyl groups excluding tert-OH is 1. The Kier molecular flexibility index (Phi) is 4.94. The van der Waals surface area contributed by atoms with Crippen molar-refractivity contribution in [1.82, 2.24) is 29.7 Å². The van der Waals surface area contributed by atoms with Crippen molar-refractivity contribution in [1.29, 1.82) is 0 Å². The average Bonchev–Trinajstić information content (AvgIpc) is 3.30. The van der Waals surface area contributed by atoms with Gasteiger partial charge in [0.15, 0.2) is 16.8 Å². The van der Waals surface area contributed by atoms with Gasteiger partial charge in [-0.25, -0.2) is 9.97 Å². The Bertz CT molecular complexity index is 912. The summed E-state index contributed by atoms with van der Waals surface area (Å²) in [6.07, 6.45) is 7.52. The van der Waals surface area contributed by atoms with E-state index < -0.39 is 0 Å². The van der Waals surface area contributed by atoms with Gasteiger partial charge in [-0.2, -0.15) is 0 Å². The quantitative estimate of drug-likeness (QED) is 0.669. The molecule has 0 spiro atoms. The minimum Gasteiger partial charge on any atom is -0.388 e. The third-order valence-corrected chi connectivity index (χ3v) is 5.42. The summed E-state index contributed by atoms with van der Waals surface area (Å²) in [4.78, 5) is 13.7. The second kappa shape index (κ2) is 7.51. The normalized spacial score (nSPS) is 13.2. The first-order chi connectivity index (χ1) is 12.8. The highest BCUT2D eigenvalue weighted by Gasteiger charge is 2.22. The number of aryl methyl sites for hydroxylation is 1. The molecule has 0 unspecified atom stereocenters. The predicted octanol–water partition coefficient (Wildman–Crippen LogP) is 2.67. The summed E-state index contributed by atoms with van der Waals surface area (Å²) < 4.78 is 1.97. The first-order valence-electron chi connectivity index (χ1n) is 8.81. The van der Waals surface area contributed by atoms with Crippen LogP contribution in [0.1, 0.15) is 36.8 Å². The molecule has 3 heterocycles. The number of fused-ring (bicyclic) bond motifs is 1. The summed E-state index contributed by atoms with van der Waals surface area (Å²) in [5, 5.41) is 19.6. The molecule has 1 N–H and O–H groups in total. The van der Waals surface area contributed by atoms with Crippen LogP contribution in [0.25, 0.3) is 11.4 Å². The Balaban J connectivity index is 1.75. The SMILES string of the molecule is CCCn1c(CO)nnc1Sc1nc(-c2ccncc2)nc2c1CCC2. The van der Waals surface area contributed by atoms with Crippen molar-refractivity contribution in [2.24, 2.45) is 0 Å². The molecule has 134 valence electrons. The lowest BCUT2D eigenvalue weighted by Crippen LogP contribution is -2.05. The van der Waals surface area contributed by atoms with Gasteiger partial charge in [0.2, 0.25) is 0 Å². The molecule has 0 fully saturated rings. The maximum atomic E-state index is 9.51. The molecule has 8 heteroatoms. The van der Waals surface area contributed by atoms with Crippen LogP contribution >= 0.6 is 11.8 Å². The van der Waals surface area contributed by atoms with Gasteiger partial charge in [-0.15, -0.1) is 10.2 Å². The van der Waals surface area contributed by atoms with Crippen LogP contribution in [0.5, 0.6) is 0 Å². The summed E-state index contributed by atoms with van der Waals surface area (Å²) in [5.74, 6) is 1.31. The zero-order chi connectivity index (χ0) is 17.9. The number of nitrogens with zero attached hydrogens (tertiary/aromatic N) is 6. The highest BCUT2D eigenvalue weighted by atomic mass is 32.2. The molecule has 0 amide bonds. The molecule has 3 aromatic heterocycles. The Morgan fingerprint density at radius 2 is 2.00 bits per heavy atom. The van der Waals surface area contributed by atoms with Crippen LogP contribution in [-0.2, 0) is 26.0 Å². The molecule has 4 rings (SSSR count). The van der Waals surface area contributed by atoms with E-state index >= 15 is 0 Å². The van der Waals surface area contributed by atoms with Crippen LogP contribution in [0, 0.1) is 0 Å². The van der Waals surface area contributed by atoms with Gasteiger partial charge in [-0.3, -0.25) is 4.98 Å². The molecule has 0 bridgehead atoms. The Labute approximate surface area is 155 Å². The highest BCUT2D eigenvalue weighted by Crippen LogP contribution is 2.35. The van der Waals surface area contributed by atoms with Crippen molar-refractivity contribution in [3.8, 4) is 11.4 Å². The number of aromatic nitrogens is 6. The molecule has 0 aromatic carbocycles. The van der Waals surface area contributed by atoms with E-state index in [2.05, 4.69) is 22.1 Å². The van der Waals surface area contributed by atoms with Crippen molar-refractivity contribution in [3.63, 3.8) is 0 Å². The molecule has 1 aliphatic rings. The standard InChI is InChI=1S/C18H20N6OS/c1-2-10-24-15(11-25)22-23-18(24)26-17-13-4-3-5-14(13)20-16(21-17)12-6-8-19-9-7-12/h6-9,25H,2-5,10-11H2,1H3. The predicted molar refractivity (Wildman–Crippen MR) is 97.6 cm³/mol. The van der Waals surface area contributed by atoms with Crippen LogP contribution < -0.4 is 0 Å². The maximum absolute atomic E-state index is 9.51. The molecule has 3 aromatic rings. The molecule has 0 aliphatic heterocycles. The highest BCUT2D eigenvalue weighted by molar-refractivity contribution is 7.99. The molecule has 0 atom stereocenters.